The standard InChI is InChI=1S/C12H18N2O3/c1-9(5-7-15)8-14-11-10(12(16)17-2)4-3-6-13-11/h3-4,6,9,15H,5,7-8H2,1-2H3,(H,13,14). The van der Waals surface area contributed by atoms with Crippen LogP contribution in [-0.2, 0) is 4.74 Å². The van der Waals surface area contributed by atoms with Gasteiger partial charge in [-0.3, -0.25) is 0 Å². The summed E-state index contributed by atoms with van der Waals surface area (Å²) in [6.07, 6.45) is 2.33. The van der Waals surface area contributed by atoms with Gasteiger partial charge in [-0.05, 0) is 24.5 Å². The lowest BCUT2D eigenvalue weighted by Gasteiger charge is -2.13. The van der Waals surface area contributed by atoms with Gasteiger partial charge in [0, 0.05) is 19.3 Å². The van der Waals surface area contributed by atoms with E-state index in [1.54, 1.807) is 18.3 Å². The SMILES string of the molecule is COC(=O)c1cccnc1NCC(C)CCO. The summed E-state index contributed by atoms with van der Waals surface area (Å²) in [7, 11) is 1.34. The number of nitrogens with zero attached hydrogens (tertiary/aromatic N) is 1. The molecule has 94 valence electrons. The molecule has 0 aromatic carbocycles. The van der Waals surface area contributed by atoms with Crippen LogP contribution in [0.25, 0.3) is 0 Å². The average Bonchev–Trinajstić information content (AvgIpc) is 2.36. The first kappa shape index (κ1) is 13.4. The summed E-state index contributed by atoms with van der Waals surface area (Å²) >= 11 is 0. The van der Waals surface area contributed by atoms with Crippen molar-refractivity contribution < 1.29 is 14.6 Å². The van der Waals surface area contributed by atoms with Gasteiger partial charge in [-0.15, -0.1) is 0 Å². The zero-order valence-electron chi connectivity index (χ0n) is 10.1. The van der Waals surface area contributed by atoms with Crippen molar-refractivity contribution in [3.8, 4) is 0 Å². The van der Waals surface area contributed by atoms with Crippen molar-refractivity contribution in [3.63, 3.8) is 0 Å². The molecule has 1 aromatic heterocycles. The Bertz CT molecular complexity index is 369. The van der Waals surface area contributed by atoms with Gasteiger partial charge < -0.3 is 15.2 Å². The van der Waals surface area contributed by atoms with Crippen LogP contribution in [0.1, 0.15) is 23.7 Å². The molecule has 2 N–H and O–H groups in total. The molecule has 0 saturated heterocycles. The fourth-order valence-corrected chi connectivity index (χ4v) is 1.41. The topological polar surface area (TPSA) is 71.5 Å². The van der Waals surface area contributed by atoms with Crippen LogP contribution < -0.4 is 5.32 Å². The molecule has 1 aromatic rings. The minimum atomic E-state index is -0.407. The Morgan fingerprint density at radius 1 is 1.65 bits per heavy atom. The zero-order valence-corrected chi connectivity index (χ0v) is 10.1. The van der Waals surface area contributed by atoms with E-state index in [2.05, 4.69) is 15.0 Å². The number of carbonyl (C=O) groups excluding carboxylic acids is 1. The van der Waals surface area contributed by atoms with Gasteiger partial charge in [0.1, 0.15) is 11.4 Å². The van der Waals surface area contributed by atoms with Crippen molar-refractivity contribution in [3.05, 3.63) is 23.9 Å². The van der Waals surface area contributed by atoms with E-state index in [-0.39, 0.29) is 6.61 Å². The van der Waals surface area contributed by atoms with Gasteiger partial charge in [-0.1, -0.05) is 6.92 Å². The zero-order chi connectivity index (χ0) is 12.7. The van der Waals surface area contributed by atoms with Gasteiger partial charge in [0.05, 0.1) is 7.11 Å². The highest BCUT2D eigenvalue weighted by atomic mass is 16.5. The lowest BCUT2D eigenvalue weighted by Crippen LogP contribution is -2.16. The Morgan fingerprint density at radius 3 is 3.06 bits per heavy atom. The molecule has 5 nitrogen and oxygen atoms in total. The third-order valence-electron chi connectivity index (χ3n) is 2.45. The van der Waals surface area contributed by atoms with E-state index in [9.17, 15) is 4.79 Å². The maximum atomic E-state index is 11.5. The molecule has 0 aliphatic carbocycles. The second-order valence-corrected chi connectivity index (χ2v) is 3.89. The van der Waals surface area contributed by atoms with Gasteiger partial charge in [0.15, 0.2) is 0 Å². The van der Waals surface area contributed by atoms with Gasteiger partial charge in [-0.25, -0.2) is 9.78 Å². The summed E-state index contributed by atoms with van der Waals surface area (Å²) in [4.78, 5) is 15.6. The maximum absolute atomic E-state index is 11.5. The molecule has 0 spiro atoms. The highest BCUT2D eigenvalue weighted by Gasteiger charge is 2.12. The van der Waals surface area contributed by atoms with Crippen molar-refractivity contribution in [1.29, 1.82) is 0 Å². The van der Waals surface area contributed by atoms with Crippen molar-refractivity contribution in [2.75, 3.05) is 25.6 Å². The molecule has 5 heteroatoms. The second-order valence-electron chi connectivity index (χ2n) is 3.89. The minimum absolute atomic E-state index is 0.162. The number of aliphatic hydroxyl groups excluding tert-OH is 1. The van der Waals surface area contributed by atoms with E-state index in [4.69, 9.17) is 5.11 Å². The predicted molar refractivity (Wildman–Crippen MR) is 64.9 cm³/mol. The lowest BCUT2D eigenvalue weighted by atomic mass is 10.1. The van der Waals surface area contributed by atoms with Gasteiger partial charge >= 0.3 is 5.97 Å². The second kappa shape index (κ2) is 6.85. The first-order chi connectivity index (χ1) is 8.19. The largest absolute Gasteiger partial charge is 0.465 e. The molecule has 0 saturated carbocycles. The third kappa shape index (κ3) is 4.03. The van der Waals surface area contributed by atoms with Crippen LogP contribution >= 0.6 is 0 Å². The molecule has 1 heterocycles. The van der Waals surface area contributed by atoms with Crippen molar-refractivity contribution in [2.45, 2.75) is 13.3 Å². The van der Waals surface area contributed by atoms with Crippen LogP contribution in [0.15, 0.2) is 18.3 Å². The molecule has 0 aliphatic heterocycles. The average molecular weight is 238 g/mol. The van der Waals surface area contributed by atoms with Crippen LogP contribution in [-0.4, -0.2) is 36.3 Å². The lowest BCUT2D eigenvalue weighted by molar-refractivity contribution is 0.0601. The first-order valence-corrected chi connectivity index (χ1v) is 5.57. The van der Waals surface area contributed by atoms with E-state index >= 15 is 0 Å². The number of nitrogens with one attached hydrogen (secondary N) is 1. The quantitative estimate of drug-likeness (QED) is 0.731. The molecule has 1 unspecified atom stereocenters. The molecular weight excluding hydrogens is 220 g/mol. The fourth-order valence-electron chi connectivity index (χ4n) is 1.41. The summed E-state index contributed by atoms with van der Waals surface area (Å²) in [5.74, 6) is 0.423. The van der Waals surface area contributed by atoms with E-state index in [1.165, 1.54) is 7.11 Å². The van der Waals surface area contributed by atoms with Crippen LogP contribution in [0, 0.1) is 5.92 Å². The molecule has 0 bridgehead atoms. The number of carbonyl (C=O) groups is 1. The molecule has 0 radical (unpaired) electrons. The highest BCUT2D eigenvalue weighted by molar-refractivity contribution is 5.94. The number of pyridine rings is 1. The summed E-state index contributed by atoms with van der Waals surface area (Å²) in [5.41, 5.74) is 0.422. The monoisotopic (exact) mass is 238 g/mol. The summed E-state index contributed by atoms with van der Waals surface area (Å²) in [6, 6.07) is 3.35. The number of hydrogen-bond donors (Lipinski definition) is 2. The Kier molecular flexibility index (Phi) is 5.42. The number of aromatic nitrogens is 1. The predicted octanol–water partition coefficient (Wildman–Crippen LogP) is 1.30. The number of methoxy groups -OCH3 is 1. The number of esters is 1. The maximum Gasteiger partial charge on any atom is 0.341 e. The Hall–Kier alpha value is -1.62. The van der Waals surface area contributed by atoms with Crippen LogP contribution in [0.4, 0.5) is 5.82 Å². The molecule has 0 fully saturated rings. The molecular formula is C12H18N2O3. The first-order valence-electron chi connectivity index (χ1n) is 5.57. The third-order valence-corrected chi connectivity index (χ3v) is 2.45. The Morgan fingerprint density at radius 2 is 2.41 bits per heavy atom. The van der Waals surface area contributed by atoms with E-state index < -0.39 is 5.97 Å². The van der Waals surface area contributed by atoms with Crippen molar-refractivity contribution in [2.24, 2.45) is 5.92 Å². The van der Waals surface area contributed by atoms with E-state index in [1.807, 2.05) is 6.92 Å². The smallest absolute Gasteiger partial charge is 0.341 e. The number of hydrogen-bond acceptors (Lipinski definition) is 5. The molecule has 0 amide bonds. The molecule has 1 rings (SSSR count). The fraction of sp³-hybridized carbons (Fsp3) is 0.500. The van der Waals surface area contributed by atoms with Gasteiger partial charge in [0.25, 0.3) is 0 Å². The summed E-state index contributed by atoms with van der Waals surface area (Å²) in [5, 5.41) is 11.9. The summed E-state index contributed by atoms with van der Waals surface area (Å²) in [6.45, 7) is 2.83. The highest BCUT2D eigenvalue weighted by Crippen LogP contribution is 2.13. The number of anilines is 1. The van der Waals surface area contributed by atoms with Gasteiger partial charge in [0.2, 0.25) is 0 Å². The normalized spacial score (nSPS) is 11.9. The van der Waals surface area contributed by atoms with E-state index in [0.717, 1.165) is 0 Å². The summed E-state index contributed by atoms with van der Waals surface area (Å²) < 4.78 is 4.67. The van der Waals surface area contributed by atoms with E-state index in [0.29, 0.717) is 30.3 Å². The molecule has 0 aliphatic rings. The number of rotatable bonds is 6. The molecule has 17 heavy (non-hydrogen) atoms. The number of ether oxygens (including phenoxy) is 1. The van der Waals surface area contributed by atoms with Crippen LogP contribution in [0.5, 0.6) is 0 Å². The van der Waals surface area contributed by atoms with Gasteiger partial charge in [-0.2, -0.15) is 0 Å². The van der Waals surface area contributed by atoms with Crippen LogP contribution in [0.2, 0.25) is 0 Å². The minimum Gasteiger partial charge on any atom is -0.465 e. The molecule has 1 atom stereocenters. The van der Waals surface area contributed by atoms with Crippen LogP contribution in [0.3, 0.4) is 0 Å². The Labute approximate surface area is 101 Å². The number of aliphatic hydroxyl groups is 1. The van der Waals surface area contributed by atoms with Crippen molar-refractivity contribution in [1.82, 2.24) is 4.98 Å². The van der Waals surface area contributed by atoms with Crippen molar-refractivity contribution >= 4 is 11.8 Å². The Balaban J connectivity index is 2.67.